The zero-order valence-electron chi connectivity index (χ0n) is 12.4. The van der Waals surface area contributed by atoms with Gasteiger partial charge in [0.2, 0.25) is 0 Å². The molecule has 0 amide bonds. The molecule has 0 saturated carbocycles. The maximum absolute atomic E-state index is 8.85. The van der Waals surface area contributed by atoms with E-state index in [2.05, 4.69) is 45.0 Å². The number of nitriles is 1. The van der Waals surface area contributed by atoms with E-state index in [0.29, 0.717) is 18.9 Å². The predicted molar refractivity (Wildman–Crippen MR) is 78.2 cm³/mol. The third-order valence-electron chi connectivity index (χ3n) is 3.14. The van der Waals surface area contributed by atoms with Gasteiger partial charge in [0.15, 0.2) is 0 Å². The molecule has 1 rings (SSSR count). The average molecular weight is 260 g/mol. The van der Waals surface area contributed by atoms with Gasteiger partial charge in [0, 0.05) is 0 Å². The lowest BCUT2D eigenvalue weighted by Crippen LogP contribution is -2.34. The van der Waals surface area contributed by atoms with E-state index in [-0.39, 0.29) is 0 Å². The van der Waals surface area contributed by atoms with Crippen LogP contribution in [0.3, 0.4) is 0 Å². The van der Waals surface area contributed by atoms with E-state index in [9.17, 15) is 0 Å². The lowest BCUT2D eigenvalue weighted by molar-refractivity contribution is 0.292. The normalized spacial score (nSPS) is 13.9. The highest BCUT2D eigenvalue weighted by atomic mass is 16.5. The molecule has 0 aliphatic carbocycles. The van der Waals surface area contributed by atoms with Gasteiger partial charge in [-0.15, -0.1) is 0 Å². The first-order valence-corrected chi connectivity index (χ1v) is 6.79. The highest BCUT2D eigenvalue weighted by Gasteiger charge is 2.16. The fourth-order valence-electron chi connectivity index (χ4n) is 1.92. The summed E-state index contributed by atoms with van der Waals surface area (Å²) in [5.41, 5.74) is 7.45. The third kappa shape index (κ3) is 4.92. The van der Waals surface area contributed by atoms with Gasteiger partial charge in [0.25, 0.3) is 0 Å². The third-order valence-corrected chi connectivity index (χ3v) is 3.14. The van der Waals surface area contributed by atoms with E-state index in [4.69, 9.17) is 15.7 Å². The molecule has 104 valence electrons. The molecular formula is C16H24N2O. The summed E-state index contributed by atoms with van der Waals surface area (Å²) in [6.07, 6.45) is 1.43. The molecule has 0 bridgehead atoms. The van der Waals surface area contributed by atoms with Crippen molar-refractivity contribution in [3.8, 4) is 11.8 Å². The number of benzene rings is 1. The first-order chi connectivity index (χ1) is 8.85. The lowest BCUT2D eigenvalue weighted by atomic mass is 9.99. The van der Waals surface area contributed by atoms with E-state index >= 15 is 0 Å². The Labute approximate surface area is 116 Å². The number of aryl methyl sites for hydroxylation is 1. The minimum atomic E-state index is -0.753. The maximum Gasteiger partial charge on any atom is 0.122 e. The van der Waals surface area contributed by atoms with Crippen molar-refractivity contribution in [2.75, 3.05) is 6.61 Å². The molecule has 2 N–H and O–H groups in total. The van der Waals surface area contributed by atoms with Gasteiger partial charge in [0.05, 0.1) is 12.7 Å². The summed E-state index contributed by atoms with van der Waals surface area (Å²) in [6, 6.07) is 8.40. The molecular weight excluding hydrogens is 236 g/mol. The van der Waals surface area contributed by atoms with Crippen LogP contribution >= 0.6 is 0 Å². The standard InChI is InChI=1S/C16H24N2O/c1-12(2)14-7-6-13(3)10-15(14)19-9-5-8-16(4,18)11-17/h6-7,10,12H,5,8-9,18H2,1-4H3. The Morgan fingerprint density at radius 3 is 2.68 bits per heavy atom. The summed E-state index contributed by atoms with van der Waals surface area (Å²) >= 11 is 0. The fourth-order valence-corrected chi connectivity index (χ4v) is 1.92. The van der Waals surface area contributed by atoms with Gasteiger partial charge in [-0.2, -0.15) is 5.26 Å². The van der Waals surface area contributed by atoms with Crippen LogP contribution in [0.1, 0.15) is 50.7 Å². The van der Waals surface area contributed by atoms with Crippen molar-refractivity contribution in [1.29, 1.82) is 5.26 Å². The Kier molecular flexibility index (Phi) is 5.38. The van der Waals surface area contributed by atoms with Gasteiger partial charge in [-0.25, -0.2) is 0 Å². The number of rotatable bonds is 6. The molecule has 3 heteroatoms. The SMILES string of the molecule is Cc1ccc(C(C)C)c(OCCCC(C)(N)C#N)c1. The van der Waals surface area contributed by atoms with Gasteiger partial charge in [-0.1, -0.05) is 26.0 Å². The minimum Gasteiger partial charge on any atom is -0.493 e. The summed E-state index contributed by atoms with van der Waals surface area (Å²) in [7, 11) is 0. The molecule has 0 saturated heterocycles. The number of hydrogen-bond acceptors (Lipinski definition) is 3. The molecule has 1 atom stereocenters. The van der Waals surface area contributed by atoms with E-state index in [1.165, 1.54) is 11.1 Å². The fraction of sp³-hybridized carbons (Fsp3) is 0.562. The molecule has 0 aromatic heterocycles. The summed E-state index contributed by atoms with van der Waals surface area (Å²) in [4.78, 5) is 0. The van der Waals surface area contributed by atoms with Crippen LogP contribution in [-0.2, 0) is 0 Å². The van der Waals surface area contributed by atoms with Crippen molar-refractivity contribution in [2.24, 2.45) is 5.73 Å². The minimum absolute atomic E-state index is 0.439. The Balaban J connectivity index is 2.58. The van der Waals surface area contributed by atoms with Crippen molar-refractivity contribution in [3.05, 3.63) is 29.3 Å². The number of nitrogens with zero attached hydrogens (tertiary/aromatic N) is 1. The van der Waals surface area contributed by atoms with Crippen LogP contribution in [0, 0.1) is 18.3 Å². The zero-order chi connectivity index (χ0) is 14.5. The highest BCUT2D eigenvalue weighted by molar-refractivity contribution is 5.39. The van der Waals surface area contributed by atoms with Crippen LogP contribution in [0.4, 0.5) is 0 Å². The van der Waals surface area contributed by atoms with Crippen molar-refractivity contribution >= 4 is 0 Å². The Bertz CT molecular complexity index is 458. The smallest absolute Gasteiger partial charge is 0.122 e. The predicted octanol–water partition coefficient (Wildman–Crippen LogP) is 3.52. The largest absolute Gasteiger partial charge is 0.493 e. The van der Waals surface area contributed by atoms with Crippen molar-refractivity contribution in [1.82, 2.24) is 0 Å². The second-order valence-corrected chi connectivity index (χ2v) is 5.68. The van der Waals surface area contributed by atoms with E-state index < -0.39 is 5.54 Å². The summed E-state index contributed by atoms with van der Waals surface area (Å²) < 4.78 is 5.85. The second kappa shape index (κ2) is 6.58. The van der Waals surface area contributed by atoms with Gasteiger partial charge in [-0.05, 0) is 49.8 Å². The van der Waals surface area contributed by atoms with Crippen LogP contribution in [0.25, 0.3) is 0 Å². The molecule has 1 unspecified atom stereocenters. The molecule has 0 radical (unpaired) electrons. The zero-order valence-corrected chi connectivity index (χ0v) is 12.4. The Hall–Kier alpha value is -1.53. The molecule has 1 aromatic carbocycles. The topological polar surface area (TPSA) is 59.0 Å². The molecule has 0 aliphatic heterocycles. The van der Waals surface area contributed by atoms with Gasteiger partial charge < -0.3 is 10.5 Å². The van der Waals surface area contributed by atoms with Crippen molar-refractivity contribution < 1.29 is 4.74 Å². The highest BCUT2D eigenvalue weighted by Crippen LogP contribution is 2.27. The number of nitrogens with two attached hydrogens (primary N) is 1. The molecule has 0 spiro atoms. The number of hydrogen-bond donors (Lipinski definition) is 1. The maximum atomic E-state index is 8.85. The molecule has 0 heterocycles. The van der Waals surface area contributed by atoms with Crippen LogP contribution in [-0.4, -0.2) is 12.1 Å². The van der Waals surface area contributed by atoms with Crippen LogP contribution in [0.2, 0.25) is 0 Å². The first-order valence-electron chi connectivity index (χ1n) is 6.79. The van der Waals surface area contributed by atoms with Crippen LogP contribution in [0.5, 0.6) is 5.75 Å². The van der Waals surface area contributed by atoms with Crippen LogP contribution in [0.15, 0.2) is 18.2 Å². The first kappa shape index (κ1) is 15.5. The van der Waals surface area contributed by atoms with Gasteiger partial charge in [0.1, 0.15) is 11.3 Å². The summed E-state index contributed by atoms with van der Waals surface area (Å²) in [5.74, 6) is 1.39. The van der Waals surface area contributed by atoms with Crippen molar-refractivity contribution in [2.45, 2.75) is 52.0 Å². The second-order valence-electron chi connectivity index (χ2n) is 5.68. The summed E-state index contributed by atoms with van der Waals surface area (Å²) in [6.45, 7) is 8.72. The lowest BCUT2D eigenvalue weighted by Gasteiger charge is -2.17. The monoisotopic (exact) mass is 260 g/mol. The van der Waals surface area contributed by atoms with Gasteiger partial charge >= 0.3 is 0 Å². The average Bonchev–Trinajstić information content (AvgIpc) is 2.34. The van der Waals surface area contributed by atoms with E-state index in [1.54, 1.807) is 6.92 Å². The van der Waals surface area contributed by atoms with Gasteiger partial charge in [-0.3, -0.25) is 0 Å². The Morgan fingerprint density at radius 2 is 2.11 bits per heavy atom. The molecule has 19 heavy (non-hydrogen) atoms. The molecule has 3 nitrogen and oxygen atoms in total. The molecule has 1 aromatic rings. The Morgan fingerprint density at radius 1 is 1.42 bits per heavy atom. The number of ether oxygens (including phenoxy) is 1. The van der Waals surface area contributed by atoms with Crippen LogP contribution < -0.4 is 10.5 Å². The molecule has 0 aliphatic rings. The summed E-state index contributed by atoms with van der Waals surface area (Å²) in [5, 5.41) is 8.85. The van der Waals surface area contributed by atoms with E-state index in [0.717, 1.165) is 12.2 Å². The quantitative estimate of drug-likeness (QED) is 0.796. The van der Waals surface area contributed by atoms with Crippen molar-refractivity contribution in [3.63, 3.8) is 0 Å². The van der Waals surface area contributed by atoms with E-state index in [1.807, 2.05) is 0 Å². The molecule has 0 fully saturated rings.